The minimum absolute atomic E-state index is 0.0601. The third-order valence-electron chi connectivity index (χ3n) is 7.08. The summed E-state index contributed by atoms with van der Waals surface area (Å²) < 4.78 is 0. The van der Waals surface area contributed by atoms with Gasteiger partial charge in [0.2, 0.25) is 17.7 Å². The van der Waals surface area contributed by atoms with E-state index in [0.29, 0.717) is 18.4 Å². The van der Waals surface area contributed by atoms with Crippen LogP contribution in [0.5, 0.6) is 5.75 Å². The topological polar surface area (TPSA) is 178 Å². The van der Waals surface area contributed by atoms with Crippen molar-refractivity contribution in [3.05, 3.63) is 65.9 Å². The zero-order valence-corrected chi connectivity index (χ0v) is 22.6. The van der Waals surface area contributed by atoms with E-state index in [1.807, 2.05) is 24.3 Å². The first-order valence-electron chi connectivity index (χ1n) is 13.0. The van der Waals surface area contributed by atoms with E-state index in [0.717, 1.165) is 16.5 Å². The van der Waals surface area contributed by atoms with Gasteiger partial charge in [0.05, 0.1) is 6.04 Å². The molecule has 3 aromatic rings. The summed E-state index contributed by atoms with van der Waals surface area (Å²) in [5, 5.41) is 25.1. The highest BCUT2D eigenvalue weighted by Crippen LogP contribution is 2.22. The number of rotatable bonds is 11. The maximum absolute atomic E-state index is 13.8. The number of thiol groups is 1. The molecule has 2 aromatic carbocycles. The van der Waals surface area contributed by atoms with Crippen molar-refractivity contribution < 1.29 is 29.4 Å². The molecule has 212 valence electrons. The Labute approximate surface area is 236 Å². The monoisotopic (exact) mass is 567 g/mol. The van der Waals surface area contributed by atoms with Crippen molar-refractivity contribution in [3.8, 4) is 5.75 Å². The molecule has 1 saturated heterocycles. The van der Waals surface area contributed by atoms with Gasteiger partial charge in [-0.2, -0.15) is 12.6 Å². The number of nitrogens with two attached hydrogens (primary N) is 1. The number of amides is 3. The van der Waals surface area contributed by atoms with E-state index in [1.54, 1.807) is 18.3 Å². The van der Waals surface area contributed by atoms with Crippen molar-refractivity contribution in [1.29, 1.82) is 0 Å². The van der Waals surface area contributed by atoms with E-state index in [-0.39, 0.29) is 30.9 Å². The fraction of sp³-hybridized carbons (Fsp3) is 0.357. The number of carboxylic acids is 1. The van der Waals surface area contributed by atoms with Crippen molar-refractivity contribution in [2.45, 2.75) is 49.9 Å². The zero-order valence-electron chi connectivity index (χ0n) is 21.7. The second-order valence-corrected chi connectivity index (χ2v) is 10.2. The molecule has 7 N–H and O–H groups in total. The fourth-order valence-electron chi connectivity index (χ4n) is 4.93. The molecule has 0 aliphatic carbocycles. The van der Waals surface area contributed by atoms with Gasteiger partial charge in [-0.1, -0.05) is 30.3 Å². The van der Waals surface area contributed by atoms with Crippen LogP contribution in [0.15, 0.2) is 54.7 Å². The van der Waals surface area contributed by atoms with Gasteiger partial charge in [-0.15, -0.1) is 0 Å². The SMILES string of the molecule is NC(Cc1c[nH]c2ccccc12)C(=O)NC(Cc1ccc(O)cc1)C(=O)N1CCCC1C(=O)NC(CS)C(=O)O. The number of carbonyl (C=O) groups excluding carboxylic acids is 3. The van der Waals surface area contributed by atoms with Gasteiger partial charge in [-0.25, -0.2) is 4.79 Å². The summed E-state index contributed by atoms with van der Waals surface area (Å²) in [6.45, 7) is 0.277. The number of aromatic hydroxyl groups is 1. The normalized spacial score (nSPS) is 17.2. The minimum atomic E-state index is -1.22. The molecule has 3 amide bonds. The maximum Gasteiger partial charge on any atom is 0.327 e. The molecule has 1 aromatic heterocycles. The number of hydrogen-bond acceptors (Lipinski definition) is 7. The van der Waals surface area contributed by atoms with Crippen LogP contribution in [0.3, 0.4) is 0 Å². The van der Waals surface area contributed by atoms with Crippen LogP contribution >= 0.6 is 12.6 Å². The number of carbonyl (C=O) groups is 4. The molecule has 1 fully saturated rings. The maximum atomic E-state index is 13.8. The molecule has 0 bridgehead atoms. The Morgan fingerprint density at radius 1 is 1.05 bits per heavy atom. The number of aliphatic carboxylic acids is 1. The number of benzene rings is 2. The lowest BCUT2D eigenvalue weighted by Gasteiger charge is -2.30. The second-order valence-electron chi connectivity index (χ2n) is 9.87. The quantitative estimate of drug-likeness (QED) is 0.169. The van der Waals surface area contributed by atoms with Gasteiger partial charge in [0, 0.05) is 35.8 Å². The molecule has 1 aliphatic rings. The average molecular weight is 568 g/mol. The molecule has 0 radical (unpaired) electrons. The van der Waals surface area contributed by atoms with E-state index in [9.17, 15) is 29.4 Å². The summed E-state index contributed by atoms with van der Waals surface area (Å²) in [4.78, 5) is 55.9. The molecule has 11 nitrogen and oxygen atoms in total. The number of phenolic OH excluding ortho intramolecular Hbond substituents is 1. The fourth-order valence-corrected chi connectivity index (χ4v) is 5.18. The standard InChI is InChI=1S/C28H33N5O6S/c29-20(13-17-14-30-21-5-2-1-4-19(17)21)25(35)31-22(12-16-7-9-18(34)10-8-16)27(37)33-11-3-6-24(33)26(36)32-23(15-40)28(38)39/h1-2,4-5,7-10,14,20,22-24,30,34,40H,3,6,11-13,15,29H2,(H,31,35)(H,32,36)(H,38,39). The van der Waals surface area contributed by atoms with Crippen molar-refractivity contribution in [3.63, 3.8) is 0 Å². The number of nitrogens with zero attached hydrogens (tertiary/aromatic N) is 1. The molecule has 0 spiro atoms. The van der Waals surface area contributed by atoms with Crippen LogP contribution in [-0.2, 0) is 32.0 Å². The molecule has 4 unspecified atom stereocenters. The number of para-hydroxylation sites is 1. The summed E-state index contributed by atoms with van der Waals surface area (Å²) in [5.74, 6) is -2.85. The van der Waals surface area contributed by atoms with Gasteiger partial charge < -0.3 is 36.5 Å². The number of H-pyrrole nitrogens is 1. The summed E-state index contributed by atoms with van der Waals surface area (Å²) in [6, 6.07) is 9.86. The van der Waals surface area contributed by atoms with Crippen molar-refractivity contribution in [2.24, 2.45) is 5.73 Å². The van der Waals surface area contributed by atoms with E-state index in [1.165, 1.54) is 17.0 Å². The van der Waals surface area contributed by atoms with Crippen LogP contribution in [0.4, 0.5) is 0 Å². The number of aromatic nitrogens is 1. The Morgan fingerprint density at radius 3 is 2.48 bits per heavy atom. The number of hydrogen-bond donors (Lipinski definition) is 7. The molecule has 12 heteroatoms. The average Bonchev–Trinajstić information content (AvgIpc) is 3.59. The summed E-state index contributed by atoms with van der Waals surface area (Å²) in [7, 11) is 0. The number of carboxylic acid groups (broad SMARTS) is 1. The van der Waals surface area contributed by atoms with Crippen LogP contribution in [0.25, 0.3) is 10.9 Å². The van der Waals surface area contributed by atoms with Gasteiger partial charge in [-0.3, -0.25) is 14.4 Å². The molecule has 0 saturated carbocycles. The first-order valence-corrected chi connectivity index (χ1v) is 13.6. The zero-order chi connectivity index (χ0) is 28.8. The molecule has 1 aliphatic heterocycles. The molecule has 4 rings (SSSR count). The lowest BCUT2D eigenvalue weighted by atomic mass is 10.0. The van der Waals surface area contributed by atoms with Crippen LogP contribution in [0.2, 0.25) is 0 Å². The van der Waals surface area contributed by atoms with Gasteiger partial charge in [0.15, 0.2) is 0 Å². The third-order valence-corrected chi connectivity index (χ3v) is 7.44. The predicted octanol–water partition coefficient (Wildman–Crippen LogP) is 0.961. The minimum Gasteiger partial charge on any atom is -0.508 e. The number of fused-ring (bicyclic) bond motifs is 1. The van der Waals surface area contributed by atoms with Gasteiger partial charge in [0.25, 0.3) is 0 Å². The number of likely N-dealkylation sites (tertiary alicyclic amines) is 1. The van der Waals surface area contributed by atoms with Gasteiger partial charge in [-0.05, 0) is 48.6 Å². The highest BCUT2D eigenvalue weighted by molar-refractivity contribution is 7.80. The largest absolute Gasteiger partial charge is 0.508 e. The summed E-state index contributed by atoms with van der Waals surface area (Å²) >= 11 is 3.98. The lowest BCUT2D eigenvalue weighted by molar-refractivity contribution is -0.144. The second kappa shape index (κ2) is 12.9. The highest BCUT2D eigenvalue weighted by atomic mass is 32.1. The molecule has 2 heterocycles. The molecule has 40 heavy (non-hydrogen) atoms. The highest BCUT2D eigenvalue weighted by Gasteiger charge is 2.39. The third kappa shape index (κ3) is 6.75. The first kappa shape index (κ1) is 29.0. The van der Waals surface area contributed by atoms with E-state index >= 15 is 0 Å². The van der Waals surface area contributed by atoms with E-state index in [4.69, 9.17) is 5.73 Å². The molecular weight excluding hydrogens is 534 g/mol. The summed E-state index contributed by atoms with van der Waals surface area (Å²) in [6.07, 6.45) is 3.05. The number of nitrogens with one attached hydrogen (secondary N) is 3. The number of phenols is 1. The first-order chi connectivity index (χ1) is 19.2. The Bertz CT molecular complexity index is 1380. The Morgan fingerprint density at radius 2 is 1.77 bits per heavy atom. The van der Waals surface area contributed by atoms with Gasteiger partial charge in [0.1, 0.15) is 23.9 Å². The van der Waals surface area contributed by atoms with E-state index in [2.05, 4.69) is 28.2 Å². The van der Waals surface area contributed by atoms with Crippen LogP contribution in [0.1, 0.15) is 24.0 Å². The Kier molecular flexibility index (Phi) is 9.33. The molecular formula is C28H33N5O6S. The van der Waals surface area contributed by atoms with Crippen LogP contribution < -0.4 is 16.4 Å². The molecule has 4 atom stereocenters. The van der Waals surface area contributed by atoms with Gasteiger partial charge >= 0.3 is 5.97 Å². The lowest BCUT2D eigenvalue weighted by Crippen LogP contribution is -2.57. The van der Waals surface area contributed by atoms with Crippen LogP contribution in [0, 0.1) is 0 Å². The Hall–Kier alpha value is -4.03. The van der Waals surface area contributed by atoms with Crippen LogP contribution in [-0.4, -0.2) is 80.3 Å². The summed E-state index contributed by atoms with van der Waals surface area (Å²) in [5.41, 5.74) is 8.75. The smallest absolute Gasteiger partial charge is 0.327 e. The van der Waals surface area contributed by atoms with Crippen molar-refractivity contribution in [2.75, 3.05) is 12.3 Å². The predicted molar refractivity (Wildman–Crippen MR) is 152 cm³/mol. The number of aromatic amines is 1. The van der Waals surface area contributed by atoms with Crippen molar-refractivity contribution in [1.82, 2.24) is 20.5 Å². The van der Waals surface area contributed by atoms with Crippen molar-refractivity contribution >= 4 is 47.2 Å². The Balaban J connectivity index is 1.51. The van der Waals surface area contributed by atoms with E-state index < -0.39 is 47.9 Å².